The summed E-state index contributed by atoms with van der Waals surface area (Å²) in [4.78, 5) is 0. The molecule has 0 bridgehead atoms. The van der Waals surface area contributed by atoms with Gasteiger partial charge in [0.25, 0.3) is 0 Å². The van der Waals surface area contributed by atoms with E-state index in [9.17, 15) is 0 Å². The molecule has 1 atom stereocenters. The van der Waals surface area contributed by atoms with Crippen LogP contribution in [-0.2, 0) is 8.54 Å². The highest BCUT2D eigenvalue weighted by Crippen LogP contribution is 2.18. The molecular weight excluding hydrogens is 196 g/mol. The van der Waals surface area contributed by atoms with Gasteiger partial charge in [-0.15, -0.1) is 6.58 Å². The standard InChI is InChI=1S/C9H20O2Si2/c1-8-13(7,10-9(2)3)11-12(4,5)6/h8H,1-2H2,3-7H3. The Kier molecular flexibility index (Phi) is 4.15. The zero-order valence-corrected chi connectivity index (χ0v) is 11.3. The summed E-state index contributed by atoms with van der Waals surface area (Å²) >= 11 is 0. The third-order valence-corrected chi connectivity index (χ3v) is 6.82. The highest BCUT2D eigenvalue weighted by atomic mass is 28.4. The first-order valence-corrected chi connectivity index (χ1v) is 10.2. The molecule has 0 amide bonds. The van der Waals surface area contributed by atoms with Crippen LogP contribution in [0.3, 0.4) is 0 Å². The SMILES string of the molecule is C=C[Si](C)(OC(=C)C)O[Si](C)(C)C. The molecule has 13 heavy (non-hydrogen) atoms. The summed E-state index contributed by atoms with van der Waals surface area (Å²) in [6.45, 7) is 17.7. The van der Waals surface area contributed by atoms with Gasteiger partial charge in [0.2, 0.25) is 0 Å². The van der Waals surface area contributed by atoms with Gasteiger partial charge in [-0.1, -0.05) is 6.58 Å². The Labute approximate surface area is 83.6 Å². The first kappa shape index (κ1) is 12.7. The van der Waals surface area contributed by atoms with E-state index in [4.69, 9.17) is 8.54 Å². The Bertz CT molecular complexity index is 208. The lowest BCUT2D eigenvalue weighted by Gasteiger charge is -2.31. The second-order valence-electron chi connectivity index (χ2n) is 4.24. The maximum absolute atomic E-state index is 5.96. The van der Waals surface area contributed by atoms with E-state index in [1.165, 1.54) is 0 Å². The van der Waals surface area contributed by atoms with Gasteiger partial charge in [0.05, 0.1) is 5.76 Å². The summed E-state index contributed by atoms with van der Waals surface area (Å²) in [5.41, 5.74) is 1.81. The predicted molar refractivity (Wildman–Crippen MR) is 62.1 cm³/mol. The minimum absolute atomic E-state index is 0.701. The normalized spacial score (nSPS) is 16.1. The van der Waals surface area contributed by atoms with Gasteiger partial charge in [0, 0.05) is 0 Å². The number of hydrogen-bond donors (Lipinski definition) is 0. The molecule has 0 spiro atoms. The van der Waals surface area contributed by atoms with Gasteiger partial charge in [-0.25, -0.2) is 0 Å². The Balaban J connectivity index is 4.46. The van der Waals surface area contributed by atoms with Gasteiger partial charge in [-0.05, 0) is 38.8 Å². The summed E-state index contributed by atoms with van der Waals surface area (Å²) in [6, 6.07) is 0. The van der Waals surface area contributed by atoms with Gasteiger partial charge in [-0.3, -0.25) is 0 Å². The minimum atomic E-state index is -2.20. The Morgan fingerprint density at radius 3 is 1.92 bits per heavy atom. The lowest BCUT2D eigenvalue weighted by atomic mass is 10.7. The first-order valence-electron chi connectivity index (χ1n) is 4.37. The average molecular weight is 216 g/mol. The van der Waals surface area contributed by atoms with Crippen molar-refractivity contribution < 1.29 is 8.54 Å². The molecule has 0 saturated carbocycles. The van der Waals surface area contributed by atoms with Crippen molar-refractivity contribution in [1.29, 1.82) is 0 Å². The van der Waals surface area contributed by atoms with E-state index in [-0.39, 0.29) is 0 Å². The maximum Gasteiger partial charge on any atom is 0.411 e. The molecule has 0 saturated heterocycles. The van der Waals surface area contributed by atoms with Crippen molar-refractivity contribution in [2.75, 3.05) is 0 Å². The fourth-order valence-corrected chi connectivity index (χ4v) is 7.20. The third-order valence-electron chi connectivity index (χ3n) is 1.26. The molecule has 0 fully saturated rings. The van der Waals surface area contributed by atoms with E-state index >= 15 is 0 Å². The van der Waals surface area contributed by atoms with Crippen LogP contribution in [0.15, 0.2) is 24.6 Å². The summed E-state index contributed by atoms with van der Waals surface area (Å²) in [6.07, 6.45) is 0. The fraction of sp³-hybridized carbons (Fsp3) is 0.556. The monoisotopic (exact) mass is 216 g/mol. The van der Waals surface area contributed by atoms with Gasteiger partial charge in [0.1, 0.15) is 0 Å². The van der Waals surface area contributed by atoms with Crippen molar-refractivity contribution >= 4 is 16.9 Å². The zero-order valence-electron chi connectivity index (χ0n) is 9.31. The van der Waals surface area contributed by atoms with Gasteiger partial charge in [0.15, 0.2) is 8.32 Å². The Morgan fingerprint density at radius 2 is 1.69 bits per heavy atom. The molecule has 0 radical (unpaired) electrons. The molecule has 0 aromatic carbocycles. The molecule has 0 aliphatic heterocycles. The van der Waals surface area contributed by atoms with Crippen molar-refractivity contribution in [1.82, 2.24) is 0 Å². The van der Waals surface area contributed by atoms with Crippen LogP contribution in [0.4, 0.5) is 0 Å². The maximum atomic E-state index is 5.96. The van der Waals surface area contributed by atoms with E-state index in [0.717, 1.165) is 0 Å². The van der Waals surface area contributed by atoms with Crippen molar-refractivity contribution in [2.24, 2.45) is 0 Å². The molecule has 0 N–H and O–H groups in total. The summed E-state index contributed by atoms with van der Waals surface area (Å²) in [5.74, 6) is 0.701. The summed E-state index contributed by atoms with van der Waals surface area (Å²) < 4.78 is 11.6. The van der Waals surface area contributed by atoms with Crippen LogP contribution >= 0.6 is 0 Å². The second-order valence-corrected chi connectivity index (χ2v) is 11.9. The summed E-state index contributed by atoms with van der Waals surface area (Å²) in [5, 5.41) is 0. The van der Waals surface area contributed by atoms with Crippen molar-refractivity contribution in [3.05, 3.63) is 24.6 Å². The highest BCUT2D eigenvalue weighted by molar-refractivity contribution is 6.84. The first-order chi connectivity index (χ1) is 5.68. The van der Waals surface area contributed by atoms with E-state index in [0.29, 0.717) is 5.76 Å². The molecule has 0 aromatic heterocycles. The Morgan fingerprint density at radius 1 is 1.23 bits per heavy atom. The average Bonchev–Trinajstić information content (AvgIpc) is 1.81. The lowest BCUT2D eigenvalue weighted by Crippen LogP contribution is -2.45. The van der Waals surface area contributed by atoms with Crippen molar-refractivity contribution in [2.45, 2.75) is 33.1 Å². The Hall–Kier alpha value is -0.326. The topological polar surface area (TPSA) is 18.5 Å². The number of hydrogen-bond acceptors (Lipinski definition) is 2. The molecular formula is C9H20O2Si2. The molecule has 0 aromatic rings. The second kappa shape index (κ2) is 4.26. The molecule has 1 unspecified atom stereocenters. The van der Waals surface area contributed by atoms with E-state index in [1.807, 2.05) is 13.5 Å². The van der Waals surface area contributed by atoms with Crippen LogP contribution in [0.5, 0.6) is 0 Å². The van der Waals surface area contributed by atoms with E-state index in [2.05, 4.69) is 32.8 Å². The quantitative estimate of drug-likeness (QED) is 0.519. The van der Waals surface area contributed by atoms with Crippen LogP contribution < -0.4 is 0 Å². The molecule has 0 heterocycles. The van der Waals surface area contributed by atoms with Gasteiger partial charge in [-0.2, -0.15) is 0 Å². The van der Waals surface area contributed by atoms with Crippen LogP contribution in [0.2, 0.25) is 26.2 Å². The molecule has 4 heteroatoms. The molecule has 0 aliphatic carbocycles. The van der Waals surface area contributed by atoms with Gasteiger partial charge < -0.3 is 8.54 Å². The molecule has 0 aliphatic rings. The molecule has 0 rings (SSSR count). The van der Waals surface area contributed by atoms with Crippen LogP contribution in [0.25, 0.3) is 0 Å². The van der Waals surface area contributed by atoms with Crippen LogP contribution in [-0.4, -0.2) is 16.9 Å². The van der Waals surface area contributed by atoms with Gasteiger partial charge >= 0.3 is 8.56 Å². The van der Waals surface area contributed by atoms with Crippen LogP contribution in [0, 0.1) is 0 Å². The molecule has 76 valence electrons. The number of rotatable bonds is 5. The highest BCUT2D eigenvalue weighted by Gasteiger charge is 2.35. The largest absolute Gasteiger partial charge is 0.523 e. The minimum Gasteiger partial charge on any atom is -0.523 e. The lowest BCUT2D eigenvalue weighted by molar-refractivity contribution is 0.331. The van der Waals surface area contributed by atoms with Crippen molar-refractivity contribution in [3.63, 3.8) is 0 Å². The fourth-order valence-electron chi connectivity index (χ4n) is 1.06. The summed E-state index contributed by atoms with van der Waals surface area (Å²) in [7, 11) is -3.75. The van der Waals surface area contributed by atoms with E-state index in [1.54, 1.807) is 5.70 Å². The van der Waals surface area contributed by atoms with E-state index < -0.39 is 16.9 Å². The predicted octanol–water partition coefficient (Wildman–Crippen LogP) is 3.19. The van der Waals surface area contributed by atoms with Crippen LogP contribution in [0.1, 0.15) is 6.92 Å². The number of allylic oxidation sites excluding steroid dienone is 1. The smallest absolute Gasteiger partial charge is 0.411 e. The zero-order chi connectivity index (χ0) is 10.7. The molecule has 2 nitrogen and oxygen atoms in total. The van der Waals surface area contributed by atoms with Crippen molar-refractivity contribution in [3.8, 4) is 0 Å². The third kappa shape index (κ3) is 5.84.